The Labute approximate surface area is 145 Å². The number of hydrogen-bond acceptors (Lipinski definition) is 4. The topological polar surface area (TPSA) is 41.7 Å². The third-order valence-corrected chi connectivity index (χ3v) is 5.04. The number of benzene rings is 1. The zero-order valence-corrected chi connectivity index (χ0v) is 15.4. The van der Waals surface area contributed by atoms with Crippen LogP contribution >= 0.6 is 11.6 Å². The van der Waals surface area contributed by atoms with Crippen molar-refractivity contribution in [2.24, 2.45) is 5.73 Å². The Balaban J connectivity index is 2.12. The van der Waals surface area contributed by atoms with Crippen LogP contribution < -0.4 is 10.5 Å². The maximum atomic E-state index is 6.39. The van der Waals surface area contributed by atoms with Crippen LogP contribution in [-0.2, 0) is 0 Å². The van der Waals surface area contributed by atoms with Crippen LogP contribution in [0.4, 0.5) is 0 Å². The Hall–Kier alpha value is -0.810. The van der Waals surface area contributed by atoms with Crippen LogP contribution in [0, 0.1) is 0 Å². The van der Waals surface area contributed by atoms with Gasteiger partial charge in [0.05, 0.1) is 11.6 Å². The lowest BCUT2D eigenvalue weighted by Crippen LogP contribution is -2.53. The fourth-order valence-electron chi connectivity index (χ4n) is 3.24. The molecule has 23 heavy (non-hydrogen) atoms. The first-order valence-electron chi connectivity index (χ1n) is 8.67. The summed E-state index contributed by atoms with van der Waals surface area (Å²) in [5.74, 6) is 0.762. The molecule has 0 aliphatic carbocycles. The van der Waals surface area contributed by atoms with E-state index in [2.05, 4.69) is 36.8 Å². The second kappa shape index (κ2) is 8.88. The van der Waals surface area contributed by atoms with Crippen LogP contribution in [0.15, 0.2) is 18.2 Å². The molecule has 0 radical (unpaired) electrons. The van der Waals surface area contributed by atoms with Gasteiger partial charge in [0.25, 0.3) is 0 Å². The van der Waals surface area contributed by atoms with E-state index in [1.807, 2.05) is 12.1 Å². The molecule has 1 aromatic carbocycles. The number of likely N-dealkylation sites (N-methyl/N-ethyl adjacent to an activating group) is 1. The summed E-state index contributed by atoms with van der Waals surface area (Å²) in [4.78, 5) is 4.94. The average Bonchev–Trinajstić information content (AvgIpc) is 2.56. The number of rotatable bonds is 7. The lowest BCUT2D eigenvalue weighted by molar-refractivity contribution is 0.0644. The van der Waals surface area contributed by atoms with Crippen molar-refractivity contribution in [1.82, 2.24) is 9.80 Å². The van der Waals surface area contributed by atoms with Crippen molar-refractivity contribution in [3.63, 3.8) is 0 Å². The monoisotopic (exact) mass is 339 g/mol. The van der Waals surface area contributed by atoms with E-state index in [1.165, 1.54) is 5.56 Å². The molecule has 1 heterocycles. The number of nitrogens with zero attached hydrogens (tertiary/aromatic N) is 2. The molecule has 2 atom stereocenters. The summed E-state index contributed by atoms with van der Waals surface area (Å²) in [6.07, 6.45) is 2.14. The van der Waals surface area contributed by atoms with Gasteiger partial charge >= 0.3 is 0 Å². The van der Waals surface area contributed by atoms with E-state index in [4.69, 9.17) is 22.1 Å². The van der Waals surface area contributed by atoms with Crippen molar-refractivity contribution in [1.29, 1.82) is 0 Å². The maximum Gasteiger partial charge on any atom is 0.137 e. The minimum atomic E-state index is 0.218. The molecule has 0 amide bonds. The molecule has 2 unspecified atom stereocenters. The molecule has 1 aliphatic heterocycles. The summed E-state index contributed by atoms with van der Waals surface area (Å²) in [7, 11) is 2.21. The summed E-state index contributed by atoms with van der Waals surface area (Å²) in [6, 6.07) is 6.91. The second-order valence-corrected chi connectivity index (χ2v) is 6.73. The van der Waals surface area contributed by atoms with Crippen LogP contribution in [0.2, 0.25) is 5.02 Å². The van der Waals surface area contributed by atoms with Gasteiger partial charge in [-0.2, -0.15) is 0 Å². The number of hydrogen-bond donors (Lipinski definition) is 1. The van der Waals surface area contributed by atoms with Gasteiger partial charge < -0.3 is 15.4 Å². The van der Waals surface area contributed by atoms with E-state index in [0.717, 1.165) is 38.2 Å². The van der Waals surface area contributed by atoms with Gasteiger partial charge in [0.2, 0.25) is 0 Å². The fraction of sp³-hybridized carbons (Fsp3) is 0.667. The summed E-state index contributed by atoms with van der Waals surface area (Å²) < 4.78 is 5.66. The second-order valence-electron chi connectivity index (χ2n) is 6.33. The summed E-state index contributed by atoms with van der Waals surface area (Å²) in [5, 5.41) is 0.676. The van der Waals surface area contributed by atoms with Gasteiger partial charge in [-0.1, -0.05) is 31.5 Å². The SMILES string of the molecule is CCCOc1ccc(C(CN)N2CCN(C)C(CC)C2)cc1Cl. The highest BCUT2D eigenvalue weighted by Gasteiger charge is 2.28. The van der Waals surface area contributed by atoms with Gasteiger partial charge in [-0.25, -0.2) is 0 Å². The number of halogens is 1. The van der Waals surface area contributed by atoms with Gasteiger partial charge in [-0.15, -0.1) is 0 Å². The van der Waals surface area contributed by atoms with Crippen molar-refractivity contribution in [3.05, 3.63) is 28.8 Å². The van der Waals surface area contributed by atoms with Crippen molar-refractivity contribution < 1.29 is 4.74 Å². The quantitative estimate of drug-likeness (QED) is 0.828. The zero-order valence-electron chi connectivity index (χ0n) is 14.6. The molecule has 0 aromatic heterocycles. The molecule has 1 saturated heterocycles. The molecular weight excluding hydrogens is 310 g/mol. The maximum absolute atomic E-state index is 6.39. The van der Waals surface area contributed by atoms with Crippen molar-refractivity contribution >= 4 is 11.6 Å². The largest absolute Gasteiger partial charge is 0.492 e. The Kier molecular flexibility index (Phi) is 7.15. The predicted octanol–water partition coefficient (Wildman–Crippen LogP) is 3.15. The molecule has 5 heteroatoms. The molecule has 0 bridgehead atoms. The molecule has 2 rings (SSSR count). The van der Waals surface area contributed by atoms with Gasteiger partial charge in [-0.3, -0.25) is 4.90 Å². The molecule has 130 valence electrons. The number of nitrogens with two attached hydrogens (primary N) is 1. The van der Waals surface area contributed by atoms with Crippen molar-refractivity contribution in [2.45, 2.75) is 38.8 Å². The molecule has 1 aliphatic rings. The van der Waals surface area contributed by atoms with Crippen molar-refractivity contribution in [2.75, 3.05) is 39.8 Å². The molecule has 1 aromatic rings. The summed E-state index contributed by atoms with van der Waals surface area (Å²) >= 11 is 6.39. The minimum Gasteiger partial charge on any atom is -0.492 e. The van der Waals surface area contributed by atoms with Crippen LogP contribution in [0.25, 0.3) is 0 Å². The molecule has 2 N–H and O–H groups in total. The first kappa shape index (κ1) is 18.5. The highest BCUT2D eigenvalue weighted by molar-refractivity contribution is 6.32. The van der Waals surface area contributed by atoms with E-state index in [9.17, 15) is 0 Å². The third kappa shape index (κ3) is 4.60. The molecular formula is C18H30ClN3O. The van der Waals surface area contributed by atoms with Crippen molar-refractivity contribution in [3.8, 4) is 5.75 Å². The first-order chi connectivity index (χ1) is 11.1. The standard InChI is InChI=1S/C18H30ClN3O/c1-4-10-23-18-7-6-14(11-16(18)19)17(12-20)22-9-8-21(3)15(5-2)13-22/h6-7,11,15,17H,4-5,8-10,12-13,20H2,1-3H3. The van der Waals surface area contributed by atoms with E-state index in [-0.39, 0.29) is 6.04 Å². The van der Waals surface area contributed by atoms with E-state index < -0.39 is 0 Å². The zero-order chi connectivity index (χ0) is 16.8. The molecule has 0 spiro atoms. The van der Waals surface area contributed by atoms with Gasteiger partial charge in [0.1, 0.15) is 5.75 Å². The van der Waals surface area contributed by atoms with Gasteiger partial charge in [0.15, 0.2) is 0 Å². The smallest absolute Gasteiger partial charge is 0.137 e. The average molecular weight is 340 g/mol. The first-order valence-corrected chi connectivity index (χ1v) is 9.05. The van der Waals surface area contributed by atoms with Crippen LogP contribution in [0.3, 0.4) is 0 Å². The lowest BCUT2D eigenvalue weighted by atomic mass is 10.0. The molecule has 1 fully saturated rings. The Morgan fingerprint density at radius 3 is 2.74 bits per heavy atom. The molecule has 4 nitrogen and oxygen atoms in total. The highest BCUT2D eigenvalue weighted by atomic mass is 35.5. The molecule has 0 saturated carbocycles. The predicted molar refractivity (Wildman–Crippen MR) is 97.3 cm³/mol. The van der Waals surface area contributed by atoms with Gasteiger partial charge in [0, 0.05) is 38.3 Å². The highest BCUT2D eigenvalue weighted by Crippen LogP contribution is 2.31. The third-order valence-electron chi connectivity index (χ3n) is 4.75. The van der Waals surface area contributed by atoms with Crippen LogP contribution in [-0.4, -0.2) is 55.7 Å². The summed E-state index contributed by atoms with van der Waals surface area (Å²) in [6.45, 7) is 8.81. The Bertz CT molecular complexity index is 497. The van der Waals surface area contributed by atoms with Gasteiger partial charge in [-0.05, 0) is 37.6 Å². The van der Waals surface area contributed by atoms with E-state index in [0.29, 0.717) is 24.2 Å². The minimum absolute atomic E-state index is 0.218. The summed E-state index contributed by atoms with van der Waals surface area (Å²) in [5.41, 5.74) is 7.28. The van der Waals surface area contributed by atoms with E-state index in [1.54, 1.807) is 0 Å². The lowest BCUT2D eigenvalue weighted by Gasteiger charge is -2.42. The van der Waals surface area contributed by atoms with Crippen LogP contribution in [0.1, 0.15) is 38.3 Å². The van der Waals surface area contributed by atoms with Crippen LogP contribution in [0.5, 0.6) is 5.75 Å². The fourth-order valence-corrected chi connectivity index (χ4v) is 3.49. The number of piperazine rings is 1. The number of ether oxygens (including phenoxy) is 1. The Morgan fingerprint density at radius 2 is 2.13 bits per heavy atom. The van der Waals surface area contributed by atoms with E-state index >= 15 is 0 Å². The Morgan fingerprint density at radius 1 is 1.35 bits per heavy atom. The normalized spacial score (nSPS) is 21.3.